The van der Waals surface area contributed by atoms with Crippen LogP contribution in [-0.2, 0) is 9.53 Å². The fourth-order valence-electron chi connectivity index (χ4n) is 0.831. The van der Waals surface area contributed by atoms with E-state index in [1.807, 2.05) is 27.7 Å². The Labute approximate surface area is 94.7 Å². The van der Waals surface area contributed by atoms with Crippen LogP contribution in [0, 0.1) is 0 Å². The maximum atomic E-state index is 11.4. The van der Waals surface area contributed by atoms with Crippen molar-refractivity contribution in [2.45, 2.75) is 45.8 Å². The summed E-state index contributed by atoms with van der Waals surface area (Å²) in [5.74, 6) is -0.0532. The van der Waals surface area contributed by atoms with E-state index in [-0.39, 0.29) is 24.2 Å². The summed E-state index contributed by atoms with van der Waals surface area (Å²) in [4.78, 5) is 11.4. The van der Waals surface area contributed by atoms with Gasteiger partial charge in [0.1, 0.15) is 6.61 Å². The summed E-state index contributed by atoms with van der Waals surface area (Å²) in [5, 5.41) is 3.69. The molecule has 0 aromatic rings. The van der Waals surface area contributed by atoms with Crippen molar-refractivity contribution in [1.29, 1.82) is 0 Å². The normalized spacial score (nSPS) is 15.3. The zero-order valence-electron chi connectivity index (χ0n) is 9.39. The molecule has 0 rings (SSSR count). The predicted molar refractivity (Wildman–Crippen MR) is 61.7 cm³/mol. The van der Waals surface area contributed by atoms with Gasteiger partial charge in [0.15, 0.2) is 0 Å². The Morgan fingerprint density at radius 3 is 2.50 bits per heavy atom. The largest absolute Gasteiger partial charge is 0.369 e. The topological polar surface area (TPSA) is 38.3 Å². The van der Waals surface area contributed by atoms with Gasteiger partial charge in [0.2, 0.25) is 5.91 Å². The molecule has 1 amide bonds. The summed E-state index contributed by atoms with van der Waals surface area (Å²) in [6.45, 7) is 8.02. The summed E-state index contributed by atoms with van der Waals surface area (Å²) in [6, 6.07) is 0. The highest BCUT2D eigenvalue weighted by molar-refractivity contribution is 9.09. The number of hydrogen-bond donors (Lipinski definition) is 1. The number of rotatable bonds is 6. The van der Waals surface area contributed by atoms with E-state index in [0.717, 1.165) is 11.8 Å². The molecule has 0 aromatic heterocycles. The van der Waals surface area contributed by atoms with Crippen molar-refractivity contribution in [3.63, 3.8) is 0 Å². The summed E-state index contributed by atoms with van der Waals surface area (Å²) >= 11 is 3.39. The lowest BCUT2D eigenvalue weighted by Gasteiger charge is -2.27. The molecule has 0 aromatic carbocycles. The van der Waals surface area contributed by atoms with Crippen LogP contribution in [0.1, 0.15) is 34.1 Å². The van der Waals surface area contributed by atoms with E-state index < -0.39 is 0 Å². The highest BCUT2D eigenvalue weighted by Crippen LogP contribution is 2.11. The van der Waals surface area contributed by atoms with Crippen LogP contribution in [-0.4, -0.2) is 29.5 Å². The van der Waals surface area contributed by atoms with Gasteiger partial charge >= 0.3 is 0 Å². The molecule has 14 heavy (non-hydrogen) atoms. The molecule has 0 spiro atoms. The Bertz CT molecular complexity index is 179. The number of alkyl halides is 1. The van der Waals surface area contributed by atoms with Crippen molar-refractivity contribution in [2.24, 2.45) is 0 Å². The first-order valence-corrected chi connectivity index (χ1v) is 6.04. The third kappa shape index (κ3) is 5.60. The monoisotopic (exact) mass is 265 g/mol. The van der Waals surface area contributed by atoms with E-state index >= 15 is 0 Å². The molecular weight excluding hydrogens is 246 g/mol. The van der Waals surface area contributed by atoms with Crippen molar-refractivity contribution >= 4 is 21.8 Å². The zero-order chi connectivity index (χ0) is 11.2. The SMILES string of the molecule is CCC(C)(CBr)NC(=O)COC(C)C. The lowest BCUT2D eigenvalue weighted by atomic mass is 10.0. The van der Waals surface area contributed by atoms with Gasteiger partial charge < -0.3 is 10.1 Å². The molecule has 1 atom stereocenters. The van der Waals surface area contributed by atoms with Gasteiger partial charge in [0, 0.05) is 10.9 Å². The summed E-state index contributed by atoms with van der Waals surface area (Å²) in [7, 11) is 0. The van der Waals surface area contributed by atoms with Gasteiger partial charge in [-0.05, 0) is 27.2 Å². The smallest absolute Gasteiger partial charge is 0.246 e. The maximum Gasteiger partial charge on any atom is 0.246 e. The molecule has 0 radical (unpaired) electrons. The standard InChI is InChI=1S/C10H20BrNO2/c1-5-10(4,7-11)12-9(13)6-14-8(2)3/h8H,5-7H2,1-4H3,(H,12,13). The molecule has 1 unspecified atom stereocenters. The fourth-order valence-corrected chi connectivity index (χ4v) is 1.37. The minimum atomic E-state index is -0.169. The van der Waals surface area contributed by atoms with Crippen LogP contribution in [0.25, 0.3) is 0 Å². The first-order valence-electron chi connectivity index (χ1n) is 4.92. The van der Waals surface area contributed by atoms with E-state index in [9.17, 15) is 4.79 Å². The second kappa shape index (κ2) is 6.40. The number of carbonyl (C=O) groups is 1. The number of nitrogens with one attached hydrogen (secondary N) is 1. The molecule has 0 saturated heterocycles. The Morgan fingerprint density at radius 2 is 2.14 bits per heavy atom. The summed E-state index contributed by atoms with van der Waals surface area (Å²) < 4.78 is 5.21. The lowest BCUT2D eigenvalue weighted by Crippen LogP contribution is -2.48. The van der Waals surface area contributed by atoms with Crippen LogP contribution in [0.4, 0.5) is 0 Å². The van der Waals surface area contributed by atoms with Crippen molar-refractivity contribution in [3.05, 3.63) is 0 Å². The van der Waals surface area contributed by atoms with Crippen molar-refractivity contribution in [2.75, 3.05) is 11.9 Å². The molecule has 0 aliphatic carbocycles. The third-order valence-electron chi connectivity index (χ3n) is 2.06. The van der Waals surface area contributed by atoms with Crippen molar-refractivity contribution < 1.29 is 9.53 Å². The molecule has 4 heteroatoms. The number of carbonyl (C=O) groups excluding carboxylic acids is 1. The zero-order valence-corrected chi connectivity index (χ0v) is 11.0. The average molecular weight is 266 g/mol. The van der Waals surface area contributed by atoms with Gasteiger partial charge in [0.05, 0.1) is 6.10 Å². The molecule has 0 aliphatic heterocycles. The van der Waals surface area contributed by atoms with Gasteiger partial charge in [-0.3, -0.25) is 4.79 Å². The van der Waals surface area contributed by atoms with Crippen LogP contribution in [0.3, 0.4) is 0 Å². The van der Waals surface area contributed by atoms with E-state index in [2.05, 4.69) is 21.2 Å². The second-order valence-electron chi connectivity index (χ2n) is 3.96. The second-order valence-corrected chi connectivity index (χ2v) is 4.52. The molecular formula is C10H20BrNO2. The van der Waals surface area contributed by atoms with E-state index in [4.69, 9.17) is 4.74 Å². The number of hydrogen-bond acceptors (Lipinski definition) is 2. The summed E-state index contributed by atoms with van der Waals surface area (Å²) in [5.41, 5.74) is -0.169. The average Bonchev–Trinajstić information content (AvgIpc) is 2.14. The Morgan fingerprint density at radius 1 is 1.57 bits per heavy atom. The minimum absolute atomic E-state index is 0.0532. The lowest BCUT2D eigenvalue weighted by molar-refractivity contribution is -0.128. The quantitative estimate of drug-likeness (QED) is 0.747. The van der Waals surface area contributed by atoms with E-state index in [1.165, 1.54) is 0 Å². The van der Waals surface area contributed by atoms with Gasteiger partial charge in [-0.2, -0.15) is 0 Å². The Balaban J connectivity index is 3.92. The Hall–Kier alpha value is -0.0900. The number of halogens is 1. The molecule has 0 saturated carbocycles. The molecule has 0 heterocycles. The highest BCUT2D eigenvalue weighted by Gasteiger charge is 2.22. The number of amides is 1. The fraction of sp³-hybridized carbons (Fsp3) is 0.900. The van der Waals surface area contributed by atoms with Crippen LogP contribution in [0.15, 0.2) is 0 Å². The molecule has 84 valence electrons. The molecule has 0 aliphatic rings. The van der Waals surface area contributed by atoms with Gasteiger partial charge in [-0.1, -0.05) is 22.9 Å². The van der Waals surface area contributed by atoms with E-state index in [0.29, 0.717) is 0 Å². The van der Waals surface area contributed by atoms with Gasteiger partial charge in [-0.25, -0.2) is 0 Å². The van der Waals surface area contributed by atoms with Gasteiger partial charge in [0.25, 0.3) is 0 Å². The first-order chi connectivity index (χ1) is 6.43. The number of ether oxygens (including phenoxy) is 1. The van der Waals surface area contributed by atoms with Crippen molar-refractivity contribution in [3.8, 4) is 0 Å². The maximum absolute atomic E-state index is 11.4. The van der Waals surface area contributed by atoms with Crippen LogP contribution < -0.4 is 5.32 Å². The predicted octanol–water partition coefficient (Wildman–Crippen LogP) is 2.09. The van der Waals surface area contributed by atoms with E-state index in [1.54, 1.807) is 0 Å². The molecule has 3 nitrogen and oxygen atoms in total. The highest BCUT2D eigenvalue weighted by atomic mass is 79.9. The van der Waals surface area contributed by atoms with Crippen LogP contribution in [0.2, 0.25) is 0 Å². The van der Waals surface area contributed by atoms with Crippen LogP contribution in [0.5, 0.6) is 0 Å². The van der Waals surface area contributed by atoms with Gasteiger partial charge in [-0.15, -0.1) is 0 Å². The molecule has 0 fully saturated rings. The van der Waals surface area contributed by atoms with Crippen LogP contribution >= 0.6 is 15.9 Å². The van der Waals surface area contributed by atoms with Crippen molar-refractivity contribution in [1.82, 2.24) is 5.32 Å². The third-order valence-corrected chi connectivity index (χ3v) is 3.30. The Kier molecular flexibility index (Phi) is 6.36. The molecule has 1 N–H and O–H groups in total. The minimum Gasteiger partial charge on any atom is -0.369 e. The summed E-state index contributed by atoms with van der Waals surface area (Å²) in [6.07, 6.45) is 0.990. The first kappa shape index (κ1) is 13.9. The molecule has 0 bridgehead atoms.